The first kappa shape index (κ1) is 17.0. The summed E-state index contributed by atoms with van der Waals surface area (Å²) in [5.41, 5.74) is 0. The fourth-order valence-corrected chi connectivity index (χ4v) is 3.50. The molecule has 1 saturated carbocycles. The average molecular weight is 268 g/mol. The van der Waals surface area contributed by atoms with Crippen molar-refractivity contribution in [1.82, 2.24) is 5.32 Å². The Hall–Kier alpha value is -0.0400. The summed E-state index contributed by atoms with van der Waals surface area (Å²) in [7, 11) is 0. The van der Waals surface area contributed by atoms with Crippen LogP contribution in [-0.4, -0.2) is 13.1 Å². The van der Waals surface area contributed by atoms with Crippen molar-refractivity contribution in [2.45, 2.75) is 85.0 Å². The van der Waals surface area contributed by atoms with Gasteiger partial charge in [-0.2, -0.15) is 0 Å². The maximum Gasteiger partial charge on any atom is -0.00178 e. The third-order valence-corrected chi connectivity index (χ3v) is 4.70. The molecule has 0 aromatic rings. The van der Waals surface area contributed by atoms with E-state index in [0.717, 1.165) is 17.8 Å². The van der Waals surface area contributed by atoms with Gasteiger partial charge in [-0.05, 0) is 37.3 Å². The second kappa shape index (κ2) is 10.7. The van der Waals surface area contributed by atoms with Gasteiger partial charge in [0.25, 0.3) is 0 Å². The van der Waals surface area contributed by atoms with E-state index in [4.69, 9.17) is 0 Å². The summed E-state index contributed by atoms with van der Waals surface area (Å²) in [6.45, 7) is 9.38. The first-order valence-corrected chi connectivity index (χ1v) is 8.94. The van der Waals surface area contributed by atoms with Gasteiger partial charge >= 0.3 is 0 Å². The van der Waals surface area contributed by atoms with Gasteiger partial charge in [0, 0.05) is 0 Å². The van der Waals surface area contributed by atoms with Crippen LogP contribution in [0.25, 0.3) is 0 Å². The molecule has 1 fully saturated rings. The number of nitrogens with one attached hydrogen (secondary N) is 1. The number of hydrogen-bond donors (Lipinski definition) is 1. The Morgan fingerprint density at radius 1 is 0.947 bits per heavy atom. The smallest absolute Gasteiger partial charge is 0.00178 e. The van der Waals surface area contributed by atoms with Crippen LogP contribution in [0.1, 0.15) is 85.0 Å². The Balaban J connectivity index is 2.16. The Labute approximate surface area is 121 Å². The van der Waals surface area contributed by atoms with Crippen molar-refractivity contribution in [1.29, 1.82) is 0 Å². The van der Waals surface area contributed by atoms with Crippen LogP contribution in [0.15, 0.2) is 0 Å². The van der Waals surface area contributed by atoms with E-state index in [2.05, 4.69) is 26.1 Å². The highest BCUT2D eigenvalue weighted by atomic mass is 14.9. The van der Waals surface area contributed by atoms with Crippen LogP contribution in [-0.2, 0) is 0 Å². The van der Waals surface area contributed by atoms with Gasteiger partial charge in [-0.15, -0.1) is 0 Å². The normalized spacial score (nSPS) is 24.0. The molecule has 0 radical (unpaired) electrons. The number of rotatable bonds is 10. The molecule has 1 aliphatic carbocycles. The van der Waals surface area contributed by atoms with Crippen molar-refractivity contribution in [2.75, 3.05) is 13.1 Å². The molecule has 0 bridgehead atoms. The Morgan fingerprint density at radius 2 is 1.63 bits per heavy atom. The van der Waals surface area contributed by atoms with Crippen molar-refractivity contribution >= 4 is 0 Å². The number of unbranched alkanes of at least 4 members (excludes halogenated alkanes) is 4. The third-order valence-electron chi connectivity index (χ3n) is 4.70. The monoisotopic (exact) mass is 267 g/mol. The summed E-state index contributed by atoms with van der Waals surface area (Å²) in [5, 5.41) is 3.70. The molecule has 1 rings (SSSR count). The van der Waals surface area contributed by atoms with Crippen molar-refractivity contribution in [3.8, 4) is 0 Å². The lowest BCUT2D eigenvalue weighted by Crippen LogP contribution is -2.32. The summed E-state index contributed by atoms with van der Waals surface area (Å²) in [6.07, 6.45) is 14.6. The molecule has 0 amide bonds. The highest BCUT2D eigenvalue weighted by Crippen LogP contribution is 2.33. The molecule has 2 unspecified atom stereocenters. The fourth-order valence-electron chi connectivity index (χ4n) is 3.50. The van der Waals surface area contributed by atoms with Crippen molar-refractivity contribution < 1.29 is 0 Å². The standard InChI is InChI=1S/C18H37N/c1-4-5-6-7-8-11-17-12-9-10-13-18(17)15-19-14-16(2)3/h16-19H,4-15H2,1-3H3. The lowest BCUT2D eigenvalue weighted by molar-refractivity contribution is 0.211. The molecule has 1 heteroatoms. The maximum atomic E-state index is 3.70. The van der Waals surface area contributed by atoms with Gasteiger partial charge in [0.15, 0.2) is 0 Å². The minimum atomic E-state index is 0.788. The summed E-state index contributed by atoms with van der Waals surface area (Å²) < 4.78 is 0. The van der Waals surface area contributed by atoms with Gasteiger partial charge in [0.05, 0.1) is 0 Å². The Kier molecular flexibility index (Phi) is 9.59. The summed E-state index contributed by atoms with van der Waals surface area (Å²) >= 11 is 0. The molecule has 0 saturated heterocycles. The summed E-state index contributed by atoms with van der Waals surface area (Å²) in [5.74, 6) is 2.78. The SMILES string of the molecule is CCCCCCCC1CCCCC1CNCC(C)C. The molecule has 114 valence electrons. The van der Waals surface area contributed by atoms with Gasteiger partial charge in [-0.25, -0.2) is 0 Å². The van der Waals surface area contributed by atoms with E-state index in [1.54, 1.807) is 0 Å². The Morgan fingerprint density at radius 3 is 2.32 bits per heavy atom. The van der Waals surface area contributed by atoms with E-state index in [1.807, 2.05) is 0 Å². The topological polar surface area (TPSA) is 12.0 Å². The lowest BCUT2D eigenvalue weighted by atomic mass is 9.76. The van der Waals surface area contributed by atoms with Gasteiger partial charge in [0.2, 0.25) is 0 Å². The van der Waals surface area contributed by atoms with Crippen LogP contribution >= 0.6 is 0 Å². The highest BCUT2D eigenvalue weighted by molar-refractivity contribution is 4.77. The van der Waals surface area contributed by atoms with Crippen LogP contribution in [0.5, 0.6) is 0 Å². The minimum Gasteiger partial charge on any atom is -0.316 e. The van der Waals surface area contributed by atoms with Crippen LogP contribution in [0.2, 0.25) is 0 Å². The van der Waals surface area contributed by atoms with Crippen molar-refractivity contribution in [2.24, 2.45) is 17.8 Å². The fraction of sp³-hybridized carbons (Fsp3) is 1.00. The van der Waals surface area contributed by atoms with Gasteiger partial charge in [-0.1, -0.05) is 78.6 Å². The zero-order valence-electron chi connectivity index (χ0n) is 13.7. The molecule has 0 aromatic carbocycles. The minimum absolute atomic E-state index is 0.788. The largest absolute Gasteiger partial charge is 0.316 e. The van der Waals surface area contributed by atoms with Crippen LogP contribution in [0.3, 0.4) is 0 Å². The molecular formula is C18H37N. The second-order valence-electron chi connectivity index (χ2n) is 7.06. The molecular weight excluding hydrogens is 230 g/mol. The zero-order valence-corrected chi connectivity index (χ0v) is 13.7. The first-order chi connectivity index (χ1) is 9.24. The zero-order chi connectivity index (χ0) is 13.9. The molecule has 1 nitrogen and oxygen atoms in total. The van der Waals surface area contributed by atoms with Crippen molar-refractivity contribution in [3.05, 3.63) is 0 Å². The van der Waals surface area contributed by atoms with E-state index >= 15 is 0 Å². The van der Waals surface area contributed by atoms with Gasteiger partial charge in [0.1, 0.15) is 0 Å². The molecule has 1 N–H and O–H groups in total. The molecule has 0 aliphatic heterocycles. The van der Waals surface area contributed by atoms with Gasteiger partial charge < -0.3 is 5.32 Å². The van der Waals surface area contributed by atoms with E-state index in [1.165, 1.54) is 77.3 Å². The second-order valence-corrected chi connectivity index (χ2v) is 7.06. The third kappa shape index (κ3) is 7.97. The summed E-state index contributed by atoms with van der Waals surface area (Å²) in [4.78, 5) is 0. The van der Waals surface area contributed by atoms with Crippen LogP contribution < -0.4 is 5.32 Å². The molecule has 0 spiro atoms. The molecule has 1 aliphatic rings. The molecule has 0 heterocycles. The lowest BCUT2D eigenvalue weighted by Gasteiger charge is -2.32. The van der Waals surface area contributed by atoms with E-state index in [-0.39, 0.29) is 0 Å². The van der Waals surface area contributed by atoms with E-state index in [9.17, 15) is 0 Å². The molecule has 2 atom stereocenters. The predicted molar refractivity (Wildman–Crippen MR) is 86.5 cm³/mol. The van der Waals surface area contributed by atoms with Crippen LogP contribution in [0, 0.1) is 17.8 Å². The number of hydrogen-bond acceptors (Lipinski definition) is 1. The quantitative estimate of drug-likeness (QED) is 0.523. The maximum absolute atomic E-state index is 3.70. The van der Waals surface area contributed by atoms with E-state index < -0.39 is 0 Å². The van der Waals surface area contributed by atoms with Crippen molar-refractivity contribution in [3.63, 3.8) is 0 Å². The molecule has 19 heavy (non-hydrogen) atoms. The van der Waals surface area contributed by atoms with E-state index in [0.29, 0.717) is 0 Å². The van der Waals surface area contributed by atoms with Crippen LogP contribution in [0.4, 0.5) is 0 Å². The molecule has 0 aromatic heterocycles. The van der Waals surface area contributed by atoms with Gasteiger partial charge in [-0.3, -0.25) is 0 Å². The highest BCUT2D eigenvalue weighted by Gasteiger charge is 2.24. The summed E-state index contributed by atoms with van der Waals surface area (Å²) in [6, 6.07) is 0. The average Bonchev–Trinajstić information content (AvgIpc) is 2.40. The first-order valence-electron chi connectivity index (χ1n) is 8.94. The predicted octanol–water partition coefficient (Wildman–Crippen LogP) is 5.40. The Bertz CT molecular complexity index is 200.